The first-order valence-electron chi connectivity index (χ1n) is 17.5. The van der Waals surface area contributed by atoms with Gasteiger partial charge in [0, 0.05) is 5.25 Å². The Hall–Kier alpha value is -1.25. The number of thioether (sulfide) groups is 1. The fourth-order valence-electron chi connectivity index (χ4n) is 6.41. The van der Waals surface area contributed by atoms with Gasteiger partial charge in [-0.05, 0) is 67.4 Å². The largest absolute Gasteiger partial charge is 0.382 e. The lowest BCUT2D eigenvalue weighted by molar-refractivity contribution is 0.246. The molecule has 0 saturated carbocycles. The van der Waals surface area contributed by atoms with Crippen molar-refractivity contribution in [3.8, 4) is 0 Å². The molecule has 0 aliphatic rings. The first-order chi connectivity index (χ1) is 20.1. The molecule has 5 unspecified atom stereocenters. The summed E-state index contributed by atoms with van der Waals surface area (Å²) < 4.78 is 0. The molecule has 41 heavy (non-hydrogen) atoms. The number of unbranched alkanes of at least 4 members (excludes halogenated alkanes) is 7. The summed E-state index contributed by atoms with van der Waals surface area (Å²) in [5.41, 5.74) is 2.77. The van der Waals surface area contributed by atoms with E-state index in [0.717, 1.165) is 12.3 Å². The van der Waals surface area contributed by atoms with Gasteiger partial charge in [0.15, 0.2) is 0 Å². The Morgan fingerprint density at radius 2 is 1.15 bits per heavy atom. The van der Waals surface area contributed by atoms with Crippen molar-refractivity contribution in [2.24, 2.45) is 5.92 Å². The van der Waals surface area contributed by atoms with Gasteiger partial charge in [0.2, 0.25) is 0 Å². The Labute approximate surface area is 259 Å². The maximum Gasteiger partial charge on any atom is 0.0995 e. The van der Waals surface area contributed by atoms with Crippen LogP contribution >= 0.6 is 11.8 Å². The number of rotatable bonds is 25. The van der Waals surface area contributed by atoms with Crippen molar-refractivity contribution >= 4 is 11.8 Å². The lowest BCUT2D eigenvalue weighted by Gasteiger charge is -2.24. The lowest BCUT2D eigenvalue weighted by atomic mass is 9.83. The summed E-state index contributed by atoms with van der Waals surface area (Å²) >= 11 is 1.90. The lowest BCUT2D eigenvalue weighted by Crippen LogP contribution is -2.13. The minimum atomic E-state index is -0.198. The topological polar surface area (TPSA) is 20.2 Å². The van der Waals surface area contributed by atoms with Crippen LogP contribution in [0.25, 0.3) is 0 Å². The second kappa shape index (κ2) is 23.2. The summed E-state index contributed by atoms with van der Waals surface area (Å²) in [6.07, 6.45) is 23.0. The summed E-state index contributed by atoms with van der Waals surface area (Å²) in [7, 11) is 0. The monoisotopic (exact) mass is 580 g/mol. The standard InChI is InChI=1S/C39H64OS/c1-5-8-9-10-11-12-13-20-31-39(40)41-38(29-21-23-33(4)36-25-16-14-17-26-36)30-22-24-34(6-2)32-35(7-3)37-27-18-15-19-28-37/h14-19,25-28,33-35,38-40H,5-13,20-24,29-32H2,1-4H3. The second-order valence-electron chi connectivity index (χ2n) is 12.7. The molecule has 1 N–H and O–H groups in total. The van der Waals surface area contributed by atoms with E-state index in [1.54, 1.807) is 0 Å². The van der Waals surface area contributed by atoms with Gasteiger partial charge in [0.1, 0.15) is 0 Å². The Bertz CT molecular complexity index is 837. The Kier molecular flexibility index (Phi) is 20.4. The van der Waals surface area contributed by atoms with Crippen LogP contribution in [0.15, 0.2) is 60.7 Å². The molecule has 0 aromatic heterocycles. The molecule has 2 aromatic rings. The van der Waals surface area contributed by atoms with E-state index in [-0.39, 0.29) is 5.44 Å². The number of hydrogen-bond acceptors (Lipinski definition) is 2. The maximum absolute atomic E-state index is 11.0. The van der Waals surface area contributed by atoms with Crippen LogP contribution in [-0.2, 0) is 0 Å². The smallest absolute Gasteiger partial charge is 0.0995 e. The Morgan fingerprint density at radius 1 is 0.585 bits per heavy atom. The van der Waals surface area contributed by atoms with Crippen LogP contribution in [0.2, 0.25) is 0 Å². The predicted molar refractivity (Wildman–Crippen MR) is 185 cm³/mol. The molecule has 2 aromatic carbocycles. The SMILES string of the molecule is CCCCCCCCCCC(O)SC(CCCC(CC)CC(CC)c1ccccc1)CCCC(C)c1ccccc1. The molecule has 2 rings (SSSR count). The third kappa shape index (κ3) is 16.3. The van der Waals surface area contributed by atoms with Crippen LogP contribution in [0.4, 0.5) is 0 Å². The molecular weight excluding hydrogens is 516 g/mol. The van der Waals surface area contributed by atoms with E-state index in [0.29, 0.717) is 17.1 Å². The molecule has 2 heteroatoms. The van der Waals surface area contributed by atoms with E-state index in [9.17, 15) is 5.11 Å². The maximum atomic E-state index is 11.0. The molecule has 0 aliphatic carbocycles. The van der Waals surface area contributed by atoms with Crippen LogP contribution in [0, 0.1) is 5.92 Å². The summed E-state index contributed by atoms with van der Waals surface area (Å²) in [5, 5.41) is 11.6. The minimum Gasteiger partial charge on any atom is -0.382 e. The average molecular weight is 581 g/mol. The van der Waals surface area contributed by atoms with Crippen LogP contribution < -0.4 is 0 Å². The molecule has 0 bridgehead atoms. The average Bonchev–Trinajstić information content (AvgIpc) is 3.00. The molecule has 0 aliphatic heterocycles. The highest BCUT2D eigenvalue weighted by atomic mass is 32.2. The summed E-state index contributed by atoms with van der Waals surface area (Å²) in [5.74, 6) is 2.09. The quantitative estimate of drug-likeness (QED) is 0.0931. The molecule has 0 spiro atoms. The molecule has 232 valence electrons. The minimum absolute atomic E-state index is 0.198. The van der Waals surface area contributed by atoms with Crippen molar-refractivity contribution in [2.75, 3.05) is 0 Å². The zero-order chi connectivity index (χ0) is 29.5. The Morgan fingerprint density at radius 3 is 1.73 bits per heavy atom. The van der Waals surface area contributed by atoms with Gasteiger partial charge in [-0.15, -0.1) is 11.8 Å². The first kappa shape index (κ1) is 35.9. The summed E-state index contributed by atoms with van der Waals surface area (Å²) in [6, 6.07) is 22.1. The highest BCUT2D eigenvalue weighted by Crippen LogP contribution is 2.34. The molecule has 5 atom stereocenters. The fourth-order valence-corrected chi connectivity index (χ4v) is 7.76. The van der Waals surface area contributed by atoms with Crippen molar-refractivity contribution in [3.05, 3.63) is 71.8 Å². The van der Waals surface area contributed by atoms with E-state index in [2.05, 4.69) is 88.4 Å². The normalized spacial score (nSPS) is 15.3. The highest BCUT2D eigenvalue weighted by Gasteiger charge is 2.19. The molecule has 0 fully saturated rings. The number of aliphatic hydroxyl groups excluding tert-OH is 1. The fraction of sp³-hybridized carbons (Fsp3) is 0.692. The van der Waals surface area contributed by atoms with Gasteiger partial charge in [-0.25, -0.2) is 0 Å². The van der Waals surface area contributed by atoms with E-state index in [4.69, 9.17) is 0 Å². The van der Waals surface area contributed by atoms with Crippen molar-refractivity contribution in [3.63, 3.8) is 0 Å². The first-order valence-corrected chi connectivity index (χ1v) is 18.4. The number of hydrogen-bond donors (Lipinski definition) is 1. The van der Waals surface area contributed by atoms with E-state index < -0.39 is 0 Å². The summed E-state index contributed by atoms with van der Waals surface area (Å²) in [4.78, 5) is 0. The van der Waals surface area contributed by atoms with Crippen molar-refractivity contribution in [1.29, 1.82) is 0 Å². The second-order valence-corrected chi connectivity index (χ2v) is 14.2. The molecule has 0 amide bonds. The van der Waals surface area contributed by atoms with Gasteiger partial charge >= 0.3 is 0 Å². The van der Waals surface area contributed by atoms with Crippen molar-refractivity contribution < 1.29 is 5.11 Å². The van der Waals surface area contributed by atoms with Gasteiger partial charge < -0.3 is 5.11 Å². The van der Waals surface area contributed by atoms with Gasteiger partial charge in [-0.2, -0.15) is 0 Å². The zero-order valence-corrected chi connectivity index (χ0v) is 28.1. The number of benzene rings is 2. The van der Waals surface area contributed by atoms with Crippen molar-refractivity contribution in [1.82, 2.24) is 0 Å². The molecule has 0 heterocycles. The highest BCUT2D eigenvalue weighted by molar-refractivity contribution is 8.00. The predicted octanol–water partition coefficient (Wildman–Crippen LogP) is 12.7. The van der Waals surface area contributed by atoms with E-state index >= 15 is 0 Å². The number of aliphatic hydroxyl groups is 1. The van der Waals surface area contributed by atoms with Crippen LogP contribution in [-0.4, -0.2) is 15.8 Å². The van der Waals surface area contributed by atoms with Gasteiger partial charge in [0.25, 0.3) is 0 Å². The third-order valence-electron chi connectivity index (χ3n) is 9.28. The summed E-state index contributed by atoms with van der Waals surface area (Å²) in [6.45, 7) is 9.39. The van der Waals surface area contributed by atoms with Crippen LogP contribution in [0.5, 0.6) is 0 Å². The van der Waals surface area contributed by atoms with Gasteiger partial charge in [0.05, 0.1) is 5.44 Å². The third-order valence-corrected chi connectivity index (χ3v) is 10.7. The van der Waals surface area contributed by atoms with Gasteiger partial charge in [-0.1, -0.05) is 165 Å². The van der Waals surface area contributed by atoms with Crippen LogP contribution in [0.1, 0.15) is 166 Å². The van der Waals surface area contributed by atoms with Crippen molar-refractivity contribution in [2.45, 2.75) is 166 Å². The molecule has 0 saturated heterocycles. The van der Waals surface area contributed by atoms with Crippen LogP contribution in [0.3, 0.4) is 0 Å². The van der Waals surface area contributed by atoms with Gasteiger partial charge in [-0.3, -0.25) is 0 Å². The molecule has 1 nitrogen and oxygen atoms in total. The van der Waals surface area contributed by atoms with E-state index in [1.807, 2.05) is 11.8 Å². The Balaban J connectivity index is 1.81. The molecule has 0 radical (unpaired) electrons. The van der Waals surface area contributed by atoms with E-state index in [1.165, 1.54) is 120 Å². The molecular formula is C39H64OS. The zero-order valence-electron chi connectivity index (χ0n) is 27.2.